The molecule has 11 nitrogen and oxygen atoms in total. The van der Waals surface area contributed by atoms with Crippen molar-refractivity contribution in [2.75, 3.05) is 51.0 Å². The molecule has 200 valence electrons. The van der Waals surface area contributed by atoms with E-state index in [-0.39, 0.29) is 39.8 Å². The smallest absolute Gasteiger partial charge is 0.383 e. The molecule has 2 rings (SSSR count). The molecule has 0 atom stereocenters. The van der Waals surface area contributed by atoms with E-state index in [0.717, 1.165) is 15.9 Å². The van der Waals surface area contributed by atoms with Gasteiger partial charge < -0.3 is 20.7 Å². The Labute approximate surface area is 213 Å². The third-order valence-electron chi connectivity index (χ3n) is 4.68. The molecule has 37 heavy (non-hydrogen) atoms. The largest absolute Gasteiger partial charge is 0.405 e. The van der Waals surface area contributed by atoms with Crippen molar-refractivity contribution in [3.8, 4) is 6.07 Å². The Bertz CT molecular complexity index is 1330. The Kier molecular flexibility index (Phi) is 10.8. The lowest BCUT2D eigenvalue weighted by molar-refractivity contribution is -0.135. The second-order valence-corrected chi connectivity index (χ2v) is 8.61. The summed E-state index contributed by atoms with van der Waals surface area (Å²) in [6.07, 6.45) is -3.35. The van der Waals surface area contributed by atoms with Crippen LogP contribution in [0.4, 0.5) is 24.8 Å². The van der Waals surface area contributed by atoms with Crippen LogP contribution in [0.3, 0.4) is 0 Å². The Morgan fingerprint density at radius 3 is 2.65 bits per heavy atom. The van der Waals surface area contributed by atoms with Crippen molar-refractivity contribution in [3.05, 3.63) is 37.7 Å². The maximum Gasteiger partial charge on any atom is 0.405 e. The number of hydrogen-bond acceptors (Lipinski definition) is 9. The van der Waals surface area contributed by atoms with Crippen molar-refractivity contribution in [1.82, 2.24) is 19.8 Å². The quantitative estimate of drug-likeness (QED) is 0.362. The zero-order chi connectivity index (χ0) is 27.6. The van der Waals surface area contributed by atoms with Crippen LogP contribution in [0.15, 0.2) is 23.0 Å². The number of hydrogen-bond donors (Lipinski definition) is 3. The zero-order valence-corrected chi connectivity index (χ0v) is 21.1. The fourth-order valence-electron chi connectivity index (χ4n) is 2.94. The molecular weight excluding hydrogens is 515 g/mol. The van der Waals surface area contributed by atoms with E-state index in [4.69, 9.17) is 4.74 Å². The van der Waals surface area contributed by atoms with Gasteiger partial charge in [-0.1, -0.05) is 6.07 Å². The van der Waals surface area contributed by atoms with Crippen LogP contribution in [-0.2, 0) is 20.9 Å². The molecular formula is C22H26F3N7O4S. The highest BCUT2D eigenvalue weighted by atomic mass is 32.1. The van der Waals surface area contributed by atoms with Gasteiger partial charge in [-0.25, -0.2) is 4.98 Å². The van der Waals surface area contributed by atoms with E-state index in [9.17, 15) is 32.8 Å². The van der Waals surface area contributed by atoms with Gasteiger partial charge in [-0.3, -0.25) is 23.9 Å². The number of amides is 2. The van der Waals surface area contributed by atoms with Crippen molar-refractivity contribution in [1.29, 1.82) is 5.26 Å². The van der Waals surface area contributed by atoms with Gasteiger partial charge in [0.15, 0.2) is 5.57 Å². The number of nitrogens with zero attached hydrogens (tertiary/aromatic N) is 4. The van der Waals surface area contributed by atoms with Gasteiger partial charge in [0.05, 0.1) is 13.2 Å². The number of halogens is 3. The number of alkyl halides is 3. The summed E-state index contributed by atoms with van der Waals surface area (Å²) in [6.45, 7) is 1.24. The molecule has 15 heteroatoms. The highest BCUT2D eigenvalue weighted by Crippen LogP contribution is 2.12. The molecule has 0 saturated heterocycles. The Hall–Kier alpha value is -3.74. The summed E-state index contributed by atoms with van der Waals surface area (Å²) in [5.74, 6) is -0.969. The fourth-order valence-corrected chi connectivity index (χ4v) is 4.02. The third-order valence-corrected chi connectivity index (χ3v) is 5.81. The van der Waals surface area contributed by atoms with Crippen LogP contribution in [0.1, 0.15) is 6.92 Å². The van der Waals surface area contributed by atoms with Gasteiger partial charge in [-0.15, -0.1) is 11.3 Å². The summed E-state index contributed by atoms with van der Waals surface area (Å²) in [5.41, 5.74) is -1.15. The summed E-state index contributed by atoms with van der Waals surface area (Å²) in [5, 5.41) is 16.5. The van der Waals surface area contributed by atoms with Gasteiger partial charge >= 0.3 is 6.18 Å². The molecule has 2 heterocycles. The third kappa shape index (κ3) is 9.01. The number of rotatable bonds is 11. The molecule has 0 aromatic carbocycles. The molecule has 2 aromatic heterocycles. The van der Waals surface area contributed by atoms with Gasteiger partial charge in [-0.2, -0.15) is 18.4 Å². The molecule has 0 spiro atoms. The SMILES string of the molecule is CCn1c(=O)/c(=C\Nc2cccc(NC(=O)CN(C)CCOC)n2)s/c1=C(/C#N)C(=O)NCC(F)(F)F. The van der Waals surface area contributed by atoms with Crippen molar-refractivity contribution in [2.24, 2.45) is 0 Å². The van der Waals surface area contributed by atoms with Crippen molar-refractivity contribution < 1.29 is 27.5 Å². The van der Waals surface area contributed by atoms with Crippen LogP contribution >= 0.6 is 11.3 Å². The molecule has 0 aliphatic carbocycles. The van der Waals surface area contributed by atoms with Crippen molar-refractivity contribution in [3.63, 3.8) is 0 Å². The van der Waals surface area contributed by atoms with Crippen molar-refractivity contribution >= 4 is 46.6 Å². The maximum atomic E-state index is 12.8. The minimum atomic E-state index is -4.65. The van der Waals surface area contributed by atoms with Gasteiger partial charge in [-0.05, 0) is 26.1 Å². The minimum absolute atomic E-state index is 0.0747. The highest BCUT2D eigenvalue weighted by molar-refractivity contribution is 7.07. The van der Waals surface area contributed by atoms with E-state index >= 15 is 0 Å². The molecule has 0 bridgehead atoms. The molecule has 0 saturated carbocycles. The summed E-state index contributed by atoms with van der Waals surface area (Å²) in [7, 11) is 3.34. The number of carbonyl (C=O) groups is 2. The van der Waals surface area contributed by atoms with Crippen LogP contribution in [0, 0.1) is 11.3 Å². The Morgan fingerprint density at radius 2 is 2.03 bits per heavy atom. The van der Waals surface area contributed by atoms with Crippen LogP contribution in [0.5, 0.6) is 0 Å². The minimum Gasteiger partial charge on any atom is -0.383 e. The lowest BCUT2D eigenvalue weighted by atomic mass is 10.3. The Balaban J connectivity index is 2.27. The second kappa shape index (κ2) is 13.5. The Morgan fingerprint density at radius 1 is 1.32 bits per heavy atom. The predicted octanol–water partition coefficient (Wildman–Crippen LogP) is 0.0443. The van der Waals surface area contributed by atoms with Gasteiger partial charge in [0.2, 0.25) is 5.91 Å². The summed E-state index contributed by atoms with van der Waals surface area (Å²) in [4.78, 5) is 43.2. The maximum absolute atomic E-state index is 12.8. The second-order valence-electron chi connectivity index (χ2n) is 7.58. The number of nitriles is 1. The molecule has 0 unspecified atom stereocenters. The van der Waals surface area contributed by atoms with E-state index in [0.29, 0.717) is 13.2 Å². The van der Waals surface area contributed by atoms with Gasteiger partial charge in [0, 0.05) is 26.4 Å². The number of aromatic nitrogens is 2. The first kappa shape index (κ1) is 29.5. The first-order chi connectivity index (χ1) is 17.5. The van der Waals surface area contributed by atoms with E-state index < -0.39 is 29.8 Å². The normalized spacial score (nSPS) is 12.8. The summed E-state index contributed by atoms with van der Waals surface area (Å²) in [6, 6.07) is 6.38. The average Bonchev–Trinajstić information content (AvgIpc) is 3.15. The number of ether oxygens (including phenoxy) is 1. The van der Waals surface area contributed by atoms with Gasteiger partial charge in [0.25, 0.3) is 11.5 Å². The monoisotopic (exact) mass is 541 g/mol. The molecule has 2 amide bonds. The summed E-state index contributed by atoms with van der Waals surface area (Å²) < 4.78 is 43.5. The number of pyridine rings is 1. The molecule has 0 aliphatic heterocycles. The number of methoxy groups -OCH3 is 1. The average molecular weight is 542 g/mol. The van der Waals surface area contributed by atoms with Crippen LogP contribution in [0.2, 0.25) is 0 Å². The number of nitrogens with one attached hydrogen (secondary N) is 3. The summed E-state index contributed by atoms with van der Waals surface area (Å²) >= 11 is 0.770. The number of thiazole rings is 1. The highest BCUT2D eigenvalue weighted by Gasteiger charge is 2.28. The van der Waals surface area contributed by atoms with Crippen LogP contribution in [-0.4, -0.2) is 72.8 Å². The van der Waals surface area contributed by atoms with E-state index in [1.807, 2.05) is 0 Å². The van der Waals surface area contributed by atoms with E-state index in [1.54, 1.807) is 55.6 Å². The number of anilines is 2. The first-order valence-electron chi connectivity index (χ1n) is 10.9. The van der Waals surface area contributed by atoms with Crippen molar-refractivity contribution in [2.45, 2.75) is 19.6 Å². The van der Waals surface area contributed by atoms with E-state index in [1.165, 1.54) is 6.20 Å². The lowest BCUT2D eigenvalue weighted by Crippen LogP contribution is -2.37. The standard InChI is InChI=1S/C22H26F3N7O4S/c1-4-32-20(35)15(37-21(32)14(10-26)19(34)28-13-22(23,24)25)11-27-16-6-5-7-17(29-16)30-18(33)12-31(2)8-9-36-3/h5-7,11H,4,8-9,12-13H2,1-3H3,(H,28,34)(H2,27,29,30,33)/b15-11+,21-14-. The fraction of sp³-hybridized carbons (Fsp3) is 0.409. The molecule has 0 aliphatic rings. The van der Waals surface area contributed by atoms with E-state index in [2.05, 4.69) is 15.6 Å². The molecule has 0 radical (unpaired) electrons. The van der Waals surface area contributed by atoms with Gasteiger partial charge in [0.1, 0.15) is 33.4 Å². The number of likely N-dealkylation sites (N-methyl/N-ethyl adjacent to an activating group) is 1. The zero-order valence-electron chi connectivity index (χ0n) is 20.3. The molecule has 3 N–H and O–H groups in total. The number of carbonyl (C=O) groups excluding carboxylic acids is 2. The topological polar surface area (TPSA) is 141 Å². The first-order valence-corrected chi connectivity index (χ1v) is 11.7. The van der Waals surface area contributed by atoms with Crippen LogP contribution in [0.25, 0.3) is 11.8 Å². The molecule has 0 fully saturated rings. The van der Waals surface area contributed by atoms with Crippen LogP contribution < -0.4 is 30.7 Å². The molecule has 2 aromatic rings. The lowest BCUT2D eigenvalue weighted by Gasteiger charge is -2.15. The predicted molar refractivity (Wildman–Crippen MR) is 132 cm³/mol.